The summed E-state index contributed by atoms with van der Waals surface area (Å²) in [5.41, 5.74) is 1.99. The lowest BCUT2D eigenvalue weighted by Crippen LogP contribution is -1.95. The molecular weight excluding hydrogens is 244 g/mol. The number of aryl methyl sites for hydroxylation is 1. The minimum absolute atomic E-state index is 0.314. The molecular formula is C15H14O2S. The molecule has 0 atom stereocenters. The smallest absolute Gasteiger partial charge is 0.199 e. The summed E-state index contributed by atoms with van der Waals surface area (Å²) >= 11 is 0. The van der Waals surface area contributed by atoms with Gasteiger partial charge in [0.1, 0.15) is 0 Å². The van der Waals surface area contributed by atoms with Crippen LogP contribution in [-0.4, -0.2) is 8.42 Å². The van der Waals surface area contributed by atoms with Crippen molar-refractivity contribution in [3.8, 4) is 0 Å². The molecule has 2 nitrogen and oxygen atoms in total. The van der Waals surface area contributed by atoms with Gasteiger partial charge in [-0.05, 0) is 30.7 Å². The molecule has 0 bridgehead atoms. The summed E-state index contributed by atoms with van der Waals surface area (Å²) in [6, 6.07) is 16.1. The van der Waals surface area contributed by atoms with Gasteiger partial charge in [0.25, 0.3) is 0 Å². The molecule has 3 heteroatoms. The Morgan fingerprint density at radius 3 is 2.33 bits per heavy atom. The van der Waals surface area contributed by atoms with Crippen molar-refractivity contribution in [2.75, 3.05) is 0 Å². The van der Waals surface area contributed by atoms with Gasteiger partial charge in [0, 0.05) is 5.41 Å². The largest absolute Gasteiger partial charge is 0.219 e. The lowest BCUT2D eigenvalue weighted by Gasteiger charge is -1.99. The SMILES string of the molecule is Cc1cccc(/C=C/S(=O)(=O)c2ccccc2)c1. The van der Waals surface area contributed by atoms with E-state index in [9.17, 15) is 8.42 Å². The van der Waals surface area contributed by atoms with E-state index in [4.69, 9.17) is 0 Å². The van der Waals surface area contributed by atoms with E-state index >= 15 is 0 Å². The van der Waals surface area contributed by atoms with E-state index in [0.717, 1.165) is 11.1 Å². The first-order valence-corrected chi connectivity index (χ1v) is 7.17. The number of sulfone groups is 1. The molecule has 0 saturated heterocycles. The molecule has 0 aliphatic rings. The van der Waals surface area contributed by atoms with Crippen LogP contribution in [0.4, 0.5) is 0 Å². The fourth-order valence-electron chi connectivity index (χ4n) is 1.63. The van der Waals surface area contributed by atoms with Crippen molar-refractivity contribution in [1.29, 1.82) is 0 Å². The molecule has 0 aromatic heterocycles. The number of rotatable bonds is 3. The van der Waals surface area contributed by atoms with Gasteiger partial charge in [-0.1, -0.05) is 48.0 Å². The van der Waals surface area contributed by atoms with E-state index in [1.807, 2.05) is 31.2 Å². The predicted octanol–water partition coefficient (Wildman–Crippen LogP) is 3.44. The Kier molecular flexibility index (Phi) is 3.63. The number of hydrogen-bond donors (Lipinski definition) is 0. The molecule has 0 fully saturated rings. The molecule has 0 aliphatic heterocycles. The summed E-state index contributed by atoms with van der Waals surface area (Å²) in [5.74, 6) is 0. The summed E-state index contributed by atoms with van der Waals surface area (Å²) in [4.78, 5) is 0.314. The Morgan fingerprint density at radius 2 is 1.67 bits per heavy atom. The molecule has 0 aliphatic carbocycles. The van der Waals surface area contributed by atoms with Gasteiger partial charge in [-0.15, -0.1) is 0 Å². The predicted molar refractivity (Wildman–Crippen MR) is 73.8 cm³/mol. The Labute approximate surface area is 108 Å². The van der Waals surface area contributed by atoms with Crippen LogP contribution in [0.5, 0.6) is 0 Å². The summed E-state index contributed by atoms with van der Waals surface area (Å²) in [5, 5.41) is 1.25. The first kappa shape index (κ1) is 12.6. The van der Waals surface area contributed by atoms with Crippen LogP contribution in [-0.2, 0) is 9.84 Å². The Morgan fingerprint density at radius 1 is 0.944 bits per heavy atom. The monoisotopic (exact) mass is 258 g/mol. The molecule has 0 radical (unpaired) electrons. The highest BCUT2D eigenvalue weighted by Crippen LogP contribution is 2.14. The second kappa shape index (κ2) is 5.19. The molecule has 0 saturated carbocycles. The normalized spacial score (nSPS) is 11.8. The van der Waals surface area contributed by atoms with Crippen molar-refractivity contribution in [3.05, 3.63) is 71.1 Å². The summed E-state index contributed by atoms with van der Waals surface area (Å²) < 4.78 is 24.0. The first-order valence-electron chi connectivity index (χ1n) is 5.63. The zero-order valence-electron chi connectivity index (χ0n) is 10.1. The molecule has 2 rings (SSSR count). The number of benzene rings is 2. The van der Waals surface area contributed by atoms with Gasteiger partial charge >= 0.3 is 0 Å². The summed E-state index contributed by atoms with van der Waals surface area (Å²) in [7, 11) is -3.35. The highest BCUT2D eigenvalue weighted by atomic mass is 32.2. The average molecular weight is 258 g/mol. The zero-order chi connectivity index (χ0) is 13.0. The minimum atomic E-state index is -3.35. The third kappa shape index (κ3) is 3.08. The van der Waals surface area contributed by atoms with Crippen LogP contribution >= 0.6 is 0 Å². The van der Waals surface area contributed by atoms with Gasteiger partial charge < -0.3 is 0 Å². The molecule has 2 aromatic rings. The highest BCUT2D eigenvalue weighted by molar-refractivity contribution is 7.94. The van der Waals surface area contributed by atoms with E-state index in [-0.39, 0.29) is 0 Å². The van der Waals surface area contributed by atoms with Gasteiger partial charge in [0.2, 0.25) is 0 Å². The number of hydrogen-bond acceptors (Lipinski definition) is 2. The van der Waals surface area contributed by atoms with Crippen LogP contribution in [0.15, 0.2) is 64.9 Å². The van der Waals surface area contributed by atoms with Crippen molar-refractivity contribution in [1.82, 2.24) is 0 Å². The van der Waals surface area contributed by atoms with Crippen LogP contribution in [0.1, 0.15) is 11.1 Å². The van der Waals surface area contributed by atoms with Gasteiger partial charge in [-0.2, -0.15) is 0 Å². The van der Waals surface area contributed by atoms with E-state index in [0.29, 0.717) is 4.90 Å². The lowest BCUT2D eigenvalue weighted by atomic mass is 10.1. The second-order valence-electron chi connectivity index (χ2n) is 4.07. The fourth-order valence-corrected chi connectivity index (χ4v) is 2.66. The van der Waals surface area contributed by atoms with Crippen LogP contribution in [0.3, 0.4) is 0 Å². The molecule has 0 amide bonds. The zero-order valence-corrected chi connectivity index (χ0v) is 10.9. The Balaban J connectivity index is 2.29. The molecule has 0 heterocycles. The second-order valence-corrected chi connectivity index (χ2v) is 5.91. The molecule has 18 heavy (non-hydrogen) atoms. The average Bonchev–Trinajstić information content (AvgIpc) is 2.38. The van der Waals surface area contributed by atoms with Gasteiger partial charge in [0.05, 0.1) is 4.90 Å². The van der Waals surface area contributed by atoms with Crippen LogP contribution in [0.2, 0.25) is 0 Å². The molecule has 0 unspecified atom stereocenters. The Hall–Kier alpha value is -1.87. The maximum Gasteiger partial charge on any atom is 0.199 e. The molecule has 92 valence electrons. The van der Waals surface area contributed by atoms with Crippen molar-refractivity contribution in [3.63, 3.8) is 0 Å². The van der Waals surface area contributed by atoms with E-state index in [2.05, 4.69) is 0 Å². The van der Waals surface area contributed by atoms with Crippen molar-refractivity contribution < 1.29 is 8.42 Å². The third-order valence-corrected chi connectivity index (χ3v) is 3.98. The van der Waals surface area contributed by atoms with Gasteiger partial charge in [0.15, 0.2) is 9.84 Å². The third-order valence-electron chi connectivity index (χ3n) is 2.55. The van der Waals surface area contributed by atoms with Crippen molar-refractivity contribution in [2.45, 2.75) is 11.8 Å². The first-order chi connectivity index (χ1) is 8.58. The van der Waals surface area contributed by atoms with Crippen molar-refractivity contribution >= 4 is 15.9 Å². The fraction of sp³-hybridized carbons (Fsp3) is 0.0667. The van der Waals surface area contributed by atoms with Crippen LogP contribution in [0, 0.1) is 6.92 Å². The quantitative estimate of drug-likeness (QED) is 0.845. The van der Waals surface area contributed by atoms with Crippen molar-refractivity contribution in [2.24, 2.45) is 0 Å². The molecule has 0 spiro atoms. The van der Waals surface area contributed by atoms with E-state index in [1.54, 1.807) is 36.4 Å². The highest BCUT2D eigenvalue weighted by Gasteiger charge is 2.08. The summed E-state index contributed by atoms with van der Waals surface area (Å²) in [6.07, 6.45) is 1.62. The lowest BCUT2D eigenvalue weighted by molar-refractivity contribution is 0.605. The van der Waals surface area contributed by atoms with Gasteiger partial charge in [-0.25, -0.2) is 8.42 Å². The summed E-state index contributed by atoms with van der Waals surface area (Å²) in [6.45, 7) is 1.98. The topological polar surface area (TPSA) is 34.1 Å². The Bertz CT molecular complexity index is 656. The van der Waals surface area contributed by atoms with E-state index < -0.39 is 9.84 Å². The maximum absolute atomic E-state index is 12.0. The van der Waals surface area contributed by atoms with E-state index in [1.165, 1.54) is 5.41 Å². The van der Waals surface area contributed by atoms with Gasteiger partial charge in [-0.3, -0.25) is 0 Å². The maximum atomic E-state index is 12.0. The molecule has 0 N–H and O–H groups in total. The minimum Gasteiger partial charge on any atom is -0.219 e. The molecule has 2 aromatic carbocycles. The standard InChI is InChI=1S/C15H14O2S/c1-13-6-5-7-14(12-13)10-11-18(16,17)15-8-3-2-4-9-15/h2-12H,1H3/b11-10+. The van der Waals surface area contributed by atoms with Crippen LogP contribution < -0.4 is 0 Å². The van der Waals surface area contributed by atoms with Crippen LogP contribution in [0.25, 0.3) is 6.08 Å².